The Morgan fingerprint density at radius 3 is 2.52 bits per heavy atom. The zero-order chi connectivity index (χ0) is 29.9. The van der Waals surface area contributed by atoms with E-state index >= 15 is 0 Å². The lowest BCUT2D eigenvalue weighted by Gasteiger charge is -2.29. The number of dihydropyridines is 1. The summed E-state index contributed by atoms with van der Waals surface area (Å²) in [6, 6.07) is 14.0. The lowest BCUT2D eigenvalue weighted by atomic mass is 9.81. The maximum absolute atomic E-state index is 13.0. The Morgan fingerprint density at radius 1 is 1.10 bits per heavy atom. The summed E-state index contributed by atoms with van der Waals surface area (Å²) in [5, 5.41) is 12.5. The summed E-state index contributed by atoms with van der Waals surface area (Å²) in [4.78, 5) is 4.68. The number of benzene rings is 2. The molecule has 2 unspecified atom stereocenters. The van der Waals surface area contributed by atoms with Crippen molar-refractivity contribution in [3.63, 3.8) is 0 Å². The van der Waals surface area contributed by atoms with Gasteiger partial charge in [-0.25, -0.2) is 4.98 Å². The maximum Gasteiger partial charge on any atom is 0.414 e. The van der Waals surface area contributed by atoms with Gasteiger partial charge in [0.2, 0.25) is 5.89 Å². The summed E-state index contributed by atoms with van der Waals surface area (Å²) in [6.45, 7) is 8.38. The van der Waals surface area contributed by atoms with Gasteiger partial charge >= 0.3 is 6.18 Å². The number of alkyl halides is 3. The first-order chi connectivity index (χ1) is 20.1. The molecule has 3 aromatic rings. The van der Waals surface area contributed by atoms with Crippen LogP contribution in [0.15, 0.2) is 70.8 Å². The summed E-state index contributed by atoms with van der Waals surface area (Å²) in [7, 11) is 0. The number of hydrogen-bond acceptors (Lipinski definition) is 4. The fourth-order valence-electron chi connectivity index (χ4n) is 6.18. The molecule has 2 atom stereocenters. The molecule has 4 nitrogen and oxygen atoms in total. The van der Waals surface area contributed by atoms with Crippen LogP contribution >= 0.6 is 0 Å². The third-order valence-corrected chi connectivity index (χ3v) is 8.75. The van der Waals surface area contributed by atoms with Crippen LogP contribution in [0.3, 0.4) is 0 Å². The lowest BCUT2D eigenvalue weighted by Crippen LogP contribution is -2.30. The Kier molecular flexibility index (Phi) is 8.91. The number of nitrogens with one attached hydrogen (secondary N) is 1. The van der Waals surface area contributed by atoms with E-state index in [4.69, 9.17) is 4.42 Å². The van der Waals surface area contributed by atoms with E-state index in [1.165, 1.54) is 12.5 Å². The summed E-state index contributed by atoms with van der Waals surface area (Å²) >= 11 is 0. The van der Waals surface area contributed by atoms with Gasteiger partial charge in [-0.05, 0) is 91.3 Å². The Hall–Kier alpha value is -3.79. The highest BCUT2D eigenvalue weighted by molar-refractivity contribution is 5.81. The second kappa shape index (κ2) is 12.6. The van der Waals surface area contributed by atoms with Crippen molar-refractivity contribution in [1.29, 1.82) is 5.26 Å². The van der Waals surface area contributed by atoms with E-state index in [0.29, 0.717) is 28.8 Å². The average molecular weight is 574 g/mol. The normalized spacial score (nSPS) is 19.8. The van der Waals surface area contributed by atoms with Gasteiger partial charge in [-0.1, -0.05) is 57.9 Å². The van der Waals surface area contributed by atoms with Crippen LogP contribution in [0.4, 0.5) is 13.2 Å². The Balaban J connectivity index is 1.19. The molecule has 1 saturated carbocycles. The van der Waals surface area contributed by atoms with Gasteiger partial charge in [0.25, 0.3) is 0 Å². The number of rotatable bonds is 7. The van der Waals surface area contributed by atoms with Crippen LogP contribution in [0.25, 0.3) is 28.1 Å². The third kappa shape index (κ3) is 6.81. The SMILES string of the molecule is C=C(CCC1CCCCC(C2=CC=C(C(F)(F)F)CN2)CC1)c1ccc(-c2nc3cc(C#N)cc(C(C)C)c3o2)cc1. The predicted molar refractivity (Wildman–Crippen MR) is 161 cm³/mol. The summed E-state index contributed by atoms with van der Waals surface area (Å²) < 4.78 is 45.1. The smallest absolute Gasteiger partial charge is 0.414 e. The zero-order valence-corrected chi connectivity index (χ0v) is 24.4. The molecule has 0 saturated heterocycles. The highest BCUT2D eigenvalue weighted by Gasteiger charge is 2.34. The quantitative estimate of drug-likeness (QED) is 0.306. The molecule has 0 spiro atoms. The number of fused-ring (bicyclic) bond motifs is 1. The van der Waals surface area contributed by atoms with Crippen molar-refractivity contribution in [1.82, 2.24) is 10.3 Å². The van der Waals surface area contributed by atoms with E-state index in [0.717, 1.165) is 78.5 Å². The van der Waals surface area contributed by atoms with Crippen molar-refractivity contribution < 1.29 is 17.6 Å². The summed E-state index contributed by atoms with van der Waals surface area (Å²) in [5.41, 5.74) is 6.50. The van der Waals surface area contributed by atoms with Crippen molar-refractivity contribution in [3.05, 3.63) is 83.1 Å². The summed E-state index contributed by atoms with van der Waals surface area (Å²) in [5.74, 6) is 1.63. The fraction of sp³-hybridized carbons (Fsp3) is 0.429. The molecule has 2 aliphatic rings. The molecule has 1 N–H and O–H groups in total. The van der Waals surface area contributed by atoms with Crippen LogP contribution in [-0.2, 0) is 0 Å². The van der Waals surface area contributed by atoms with Crippen LogP contribution < -0.4 is 5.32 Å². The lowest BCUT2D eigenvalue weighted by molar-refractivity contribution is -0.0929. The molecule has 2 aromatic carbocycles. The number of allylic oxidation sites excluding steroid dienone is 4. The van der Waals surface area contributed by atoms with Crippen molar-refractivity contribution in [3.8, 4) is 17.5 Å². The minimum Gasteiger partial charge on any atom is -0.436 e. The van der Waals surface area contributed by atoms with E-state index < -0.39 is 11.7 Å². The van der Waals surface area contributed by atoms with Gasteiger partial charge in [-0.15, -0.1) is 0 Å². The highest BCUT2D eigenvalue weighted by Crippen LogP contribution is 2.36. The zero-order valence-electron chi connectivity index (χ0n) is 24.4. The predicted octanol–water partition coefficient (Wildman–Crippen LogP) is 9.85. The molecule has 1 aromatic heterocycles. The van der Waals surface area contributed by atoms with Crippen molar-refractivity contribution in [2.75, 3.05) is 6.54 Å². The molecule has 2 heterocycles. The molecule has 7 heteroatoms. The van der Waals surface area contributed by atoms with Crippen LogP contribution in [0, 0.1) is 23.2 Å². The molecule has 1 aliphatic heterocycles. The van der Waals surface area contributed by atoms with Crippen LogP contribution in [0.1, 0.15) is 87.8 Å². The molecule has 42 heavy (non-hydrogen) atoms. The molecule has 0 radical (unpaired) electrons. The van der Waals surface area contributed by atoms with E-state index in [-0.39, 0.29) is 12.5 Å². The van der Waals surface area contributed by atoms with Crippen LogP contribution in [0.5, 0.6) is 0 Å². The van der Waals surface area contributed by atoms with E-state index in [1.54, 1.807) is 12.1 Å². The molecule has 5 rings (SSSR count). The first kappa shape index (κ1) is 29.7. The van der Waals surface area contributed by atoms with Crippen LogP contribution in [-0.4, -0.2) is 17.7 Å². The molecule has 0 amide bonds. The van der Waals surface area contributed by atoms with Gasteiger partial charge in [0.05, 0.1) is 17.2 Å². The van der Waals surface area contributed by atoms with Gasteiger partial charge in [-0.3, -0.25) is 0 Å². The van der Waals surface area contributed by atoms with E-state index in [9.17, 15) is 18.4 Å². The minimum absolute atomic E-state index is 0.138. The fourth-order valence-corrected chi connectivity index (χ4v) is 6.18. The number of hydrogen-bond donors (Lipinski definition) is 1. The van der Waals surface area contributed by atoms with Gasteiger partial charge in [0.1, 0.15) is 5.52 Å². The molecule has 1 fully saturated rings. The molecular formula is C35H38F3N3O. The number of aromatic nitrogens is 1. The highest BCUT2D eigenvalue weighted by atomic mass is 19.4. The summed E-state index contributed by atoms with van der Waals surface area (Å²) in [6.07, 6.45) is 7.13. The standard InChI is InChI=1S/C35H38F3N3O/c1-22(2)30-18-25(20-39)19-32-33(30)42-34(41-32)28-14-12-26(13-15-28)23(3)8-9-24-6-4-5-7-27(11-10-24)31-17-16-29(21-40-31)35(36,37)38/h12-19,22,24,27,40H,3-11,21H2,1-2H3. The van der Waals surface area contributed by atoms with Gasteiger partial charge in [0.15, 0.2) is 5.58 Å². The van der Waals surface area contributed by atoms with E-state index in [1.807, 2.05) is 18.2 Å². The third-order valence-electron chi connectivity index (χ3n) is 8.75. The average Bonchev–Trinajstić information content (AvgIpc) is 3.40. The van der Waals surface area contributed by atoms with Gasteiger partial charge in [0, 0.05) is 23.4 Å². The van der Waals surface area contributed by atoms with Crippen molar-refractivity contribution in [2.24, 2.45) is 11.8 Å². The largest absolute Gasteiger partial charge is 0.436 e. The number of halogens is 3. The molecule has 0 bridgehead atoms. The Bertz CT molecular complexity index is 1540. The van der Waals surface area contributed by atoms with Gasteiger partial charge < -0.3 is 9.73 Å². The second-order valence-corrected chi connectivity index (χ2v) is 12.0. The maximum atomic E-state index is 13.0. The second-order valence-electron chi connectivity index (χ2n) is 12.0. The number of nitriles is 1. The molecule has 220 valence electrons. The van der Waals surface area contributed by atoms with Gasteiger partial charge in [-0.2, -0.15) is 18.4 Å². The monoisotopic (exact) mass is 573 g/mol. The number of nitrogens with zero attached hydrogens (tertiary/aromatic N) is 2. The first-order valence-electron chi connectivity index (χ1n) is 15.0. The molecular weight excluding hydrogens is 535 g/mol. The van der Waals surface area contributed by atoms with E-state index in [2.05, 4.69) is 48.9 Å². The van der Waals surface area contributed by atoms with Crippen molar-refractivity contribution in [2.45, 2.75) is 77.3 Å². The minimum atomic E-state index is -4.27. The Labute approximate surface area is 246 Å². The van der Waals surface area contributed by atoms with Crippen molar-refractivity contribution >= 4 is 16.7 Å². The molecule has 1 aliphatic carbocycles. The topological polar surface area (TPSA) is 61.9 Å². The first-order valence-corrected chi connectivity index (χ1v) is 15.0. The Morgan fingerprint density at radius 2 is 1.86 bits per heavy atom. The van der Waals surface area contributed by atoms with Crippen LogP contribution in [0.2, 0.25) is 0 Å². The number of oxazole rings is 1.